The van der Waals surface area contributed by atoms with E-state index in [-0.39, 0.29) is 5.78 Å². The largest absolute Gasteiger partial charge is 0.294 e. The molecule has 0 aliphatic heterocycles. The van der Waals surface area contributed by atoms with Crippen LogP contribution in [0.1, 0.15) is 45.0 Å². The molecule has 1 aromatic heterocycles. The molecule has 100 valence electrons. The summed E-state index contributed by atoms with van der Waals surface area (Å²) in [5.41, 5.74) is 3.12. The van der Waals surface area contributed by atoms with Crippen LogP contribution in [0.15, 0.2) is 16.1 Å². The van der Waals surface area contributed by atoms with Crippen molar-refractivity contribution in [3.63, 3.8) is 0 Å². The van der Waals surface area contributed by atoms with Gasteiger partial charge in [-0.25, -0.2) is 0 Å². The third kappa shape index (κ3) is 3.55. The van der Waals surface area contributed by atoms with Crippen LogP contribution in [0, 0.1) is 6.92 Å². The van der Waals surface area contributed by atoms with Gasteiger partial charge in [-0.1, -0.05) is 19.4 Å². The molecule has 0 aromatic carbocycles. The third-order valence-electron chi connectivity index (χ3n) is 3.07. The van der Waals surface area contributed by atoms with Crippen molar-refractivity contribution >= 4 is 21.7 Å². The molecule has 0 fully saturated rings. The van der Waals surface area contributed by atoms with Crippen molar-refractivity contribution < 1.29 is 4.79 Å². The number of carbonyl (C=O) groups is 1. The lowest BCUT2D eigenvalue weighted by atomic mass is 10.1. The van der Waals surface area contributed by atoms with E-state index in [9.17, 15) is 4.79 Å². The Morgan fingerprint density at radius 2 is 1.94 bits per heavy atom. The first kappa shape index (κ1) is 15.2. The smallest absolute Gasteiger partial charge is 0.161 e. The fourth-order valence-corrected chi connectivity index (χ4v) is 2.36. The Kier molecular flexibility index (Phi) is 5.79. The molecule has 0 saturated carbocycles. The molecule has 0 amide bonds. The van der Waals surface area contributed by atoms with Crippen LogP contribution >= 0.6 is 15.9 Å². The van der Waals surface area contributed by atoms with Crippen molar-refractivity contribution in [2.24, 2.45) is 0 Å². The molecule has 0 saturated heterocycles. The molecule has 0 radical (unpaired) electrons. The van der Waals surface area contributed by atoms with Gasteiger partial charge in [0.2, 0.25) is 0 Å². The molecule has 0 aliphatic carbocycles. The predicted octanol–water partition coefficient (Wildman–Crippen LogP) is 3.83. The van der Waals surface area contributed by atoms with Crippen LogP contribution in [-0.4, -0.2) is 15.6 Å². The van der Waals surface area contributed by atoms with Gasteiger partial charge in [0.15, 0.2) is 5.78 Å². The summed E-state index contributed by atoms with van der Waals surface area (Å²) in [5.74, 6) is 0.156. The zero-order valence-corrected chi connectivity index (χ0v) is 13.2. The molecule has 1 heterocycles. The molecule has 0 bridgehead atoms. The van der Waals surface area contributed by atoms with Crippen molar-refractivity contribution in [2.75, 3.05) is 0 Å². The van der Waals surface area contributed by atoms with Gasteiger partial charge in [-0.15, -0.1) is 0 Å². The molecule has 1 rings (SSSR count). The average molecular weight is 313 g/mol. The number of halogens is 1. The molecule has 0 aliphatic rings. The lowest BCUT2D eigenvalue weighted by Gasteiger charge is -2.04. The fourth-order valence-electron chi connectivity index (χ4n) is 1.94. The highest BCUT2D eigenvalue weighted by Crippen LogP contribution is 2.22. The summed E-state index contributed by atoms with van der Waals surface area (Å²) < 4.78 is 2.85. The van der Waals surface area contributed by atoms with Crippen molar-refractivity contribution in [2.45, 2.75) is 53.5 Å². The summed E-state index contributed by atoms with van der Waals surface area (Å²) >= 11 is 3.51. The van der Waals surface area contributed by atoms with Gasteiger partial charge in [0.25, 0.3) is 0 Å². The molecule has 4 heteroatoms. The summed E-state index contributed by atoms with van der Waals surface area (Å²) in [6.45, 7) is 8.93. The standard InChI is InChI=1S/C14H21BrN2O/c1-5-11(6-2)8-12(18)9-13-14(15)10(4)16-17(13)7-3/h8H,5-7,9H2,1-4H3. The Morgan fingerprint density at radius 3 is 2.44 bits per heavy atom. The van der Waals surface area contributed by atoms with Crippen molar-refractivity contribution in [1.29, 1.82) is 0 Å². The minimum absolute atomic E-state index is 0.156. The van der Waals surface area contributed by atoms with Gasteiger partial charge in [0.1, 0.15) is 0 Å². The summed E-state index contributed by atoms with van der Waals surface area (Å²) in [6, 6.07) is 0. The normalized spacial score (nSPS) is 10.5. The van der Waals surface area contributed by atoms with E-state index in [1.807, 2.05) is 18.5 Å². The van der Waals surface area contributed by atoms with E-state index in [0.29, 0.717) is 6.42 Å². The second kappa shape index (κ2) is 6.88. The second-order valence-electron chi connectivity index (χ2n) is 4.31. The molecular weight excluding hydrogens is 292 g/mol. The highest BCUT2D eigenvalue weighted by molar-refractivity contribution is 9.10. The molecule has 0 atom stereocenters. The van der Waals surface area contributed by atoms with Gasteiger partial charge in [-0.3, -0.25) is 9.48 Å². The number of nitrogens with zero attached hydrogens (tertiary/aromatic N) is 2. The number of hydrogen-bond donors (Lipinski definition) is 0. The lowest BCUT2D eigenvalue weighted by molar-refractivity contribution is -0.114. The number of rotatable bonds is 6. The molecule has 0 unspecified atom stereocenters. The quantitative estimate of drug-likeness (QED) is 0.748. The highest BCUT2D eigenvalue weighted by atomic mass is 79.9. The number of carbonyl (C=O) groups excluding carboxylic acids is 1. The fraction of sp³-hybridized carbons (Fsp3) is 0.571. The maximum absolute atomic E-state index is 12.0. The third-order valence-corrected chi connectivity index (χ3v) is 4.10. The van der Waals surface area contributed by atoms with Gasteiger partial charge >= 0.3 is 0 Å². The predicted molar refractivity (Wildman–Crippen MR) is 77.7 cm³/mol. The molecule has 0 spiro atoms. The van der Waals surface area contributed by atoms with Gasteiger partial charge in [0.05, 0.1) is 22.3 Å². The molecule has 0 N–H and O–H groups in total. The van der Waals surface area contributed by atoms with E-state index < -0.39 is 0 Å². The van der Waals surface area contributed by atoms with E-state index in [2.05, 4.69) is 34.9 Å². The van der Waals surface area contributed by atoms with Crippen molar-refractivity contribution in [1.82, 2.24) is 9.78 Å². The number of ketones is 1. The van der Waals surface area contributed by atoms with Gasteiger partial charge in [-0.05, 0) is 48.7 Å². The molecule has 3 nitrogen and oxygen atoms in total. The SMILES string of the molecule is CCC(=CC(=O)Cc1c(Br)c(C)nn1CC)CC. The van der Waals surface area contributed by atoms with Crippen LogP contribution in [0.3, 0.4) is 0 Å². The highest BCUT2D eigenvalue weighted by Gasteiger charge is 2.14. The molecule has 18 heavy (non-hydrogen) atoms. The summed E-state index contributed by atoms with van der Waals surface area (Å²) in [6.07, 6.45) is 4.08. The van der Waals surface area contributed by atoms with E-state index in [1.54, 1.807) is 6.08 Å². The maximum atomic E-state index is 12.0. The number of hydrogen-bond acceptors (Lipinski definition) is 2. The maximum Gasteiger partial charge on any atom is 0.161 e. The minimum Gasteiger partial charge on any atom is -0.294 e. The Morgan fingerprint density at radius 1 is 1.33 bits per heavy atom. The Hall–Kier alpha value is -0.900. The Bertz CT molecular complexity index is 455. The number of aromatic nitrogens is 2. The van der Waals surface area contributed by atoms with E-state index in [4.69, 9.17) is 0 Å². The van der Waals surface area contributed by atoms with Crippen LogP contribution in [0.4, 0.5) is 0 Å². The topological polar surface area (TPSA) is 34.9 Å². The Labute approximate surface area is 117 Å². The summed E-state index contributed by atoms with van der Waals surface area (Å²) in [7, 11) is 0. The van der Waals surface area contributed by atoms with Gasteiger partial charge < -0.3 is 0 Å². The number of allylic oxidation sites excluding steroid dienone is 2. The van der Waals surface area contributed by atoms with Crippen molar-refractivity contribution in [3.8, 4) is 0 Å². The van der Waals surface area contributed by atoms with Crippen LogP contribution in [0.25, 0.3) is 0 Å². The monoisotopic (exact) mass is 312 g/mol. The molecule has 1 aromatic rings. The second-order valence-corrected chi connectivity index (χ2v) is 5.11. The number of aryl methyl sites for hydroxylation is 2. The summed E-state index contributed by atoms with van der Waals surface area (Å²) in [4.78, 5) is 12.0. The van der Waals surface area contributed by atoms with Crippen LogP contribution in [-0.2, 0) is 17.8 Å². The first-order valence-corrected chi connectivity index (χ1v) is 7.26. The lowest BCUT2D eigenvalue weighted by Crippen LogP contribution is -2.08. The van der Waals surface area contributed by atoms with E-state index >= 15 is 0 Å². The minimum atomic E-state index is 0.156. The first-order valence-electron chi connectivity index (χ1n) is 6.47. The van der Waals surface area contributed by atoms with Gasteiger partial charge in [0, 0.05) is 6.54 Å². The average Bonchev–Trinajstić information content (AvgIpc) is 2.63. The first-order chi connectivity index (χ1) is 8.53. The van der Waals surface area contributed by atoms with Crippen LogP contribution in [0.2, 0.25) is 0 Å². The molecular formula is C14H21BrN2O. The van der Waals surface area contributed by atoms with Crippen molar-refractivity contribution in [3.05, 3.63) is 27.5 Å². The van der Waals surface area contributed by atoms with E-state index in [1.165, 1.54) is 5.57 Å². The van der Waals surface area contributed by atoms with Crippen LogP contribution < -0.4 is 0 Å². The van der Waals surface area contributed by atoms with Gasteiger partial charge in [-0.2, -0.15) is 5.10 Å². The summed E-state index contributed by atoms with van der Waals surface area (Å²) in [5, 5.41) is 4.40. The zero-order chi connectivity index (χ0) is 13.7. The zero-order valence-electron chi connectivity index (χ0n) is 11.6. The Balaban J connectivity index is 2.91. The van der Waals surface area contributed by atoms with E-state index in [0.717, 1.165) is 35.2 Å². The van der Waals surface area contributed by atoms with Crippen LogP contribution in [0.5, 0.6) is 0 Å².